The third-order valence-electron chi connectivity index (χ3n) is 2.92. The van der Waals surface area contributed by atoms with Crippen LogP contribution in [0.25, 0.3) is 0 Å². The van der Waals surface area contributed by atoms with Crippen LogP contribution in [0.4, 0.5) is 0 Å². The van der Waals surface area contributed by atoms with Gasteiger partial charge in [0.2, 0.25) is 0 Å². The Labute approximate surface area is 250 Å². The van der Waals surface area contributed by atoms with Crippen molar-refractivity contribution < 1.29 is 83.5 Å². The molecule has 0 N–H and O–H groups in total. The molecule has 0 bridgehead atoms. The van der Waals surface area contributed by atoms with Gasteiger partial charge >= 0.3 is 23.9 Å². The van der Waals surface area contributed by atoms with E-state index in [1.165, 1.54) is 27.7 Å². The number of rotatable bonds is 12. The Kier molecular flexibility index (Phi) is 35.6. The maximum Gasteiger partial charge on any atom is 0.313 e. The zero-order valence-electron chi connectivity index (χ0n) is 24.8. The van der Waals surface area contributed by atoms with Gasteiger partial charge in [0.25, 0.3) is 0 Å². The molecule has 0 radical (unpaired) electrons. The predicted octanol–water partition coefficient (Wildman–Crippen LogP) is 2.89. The minimum Gasteiger partial charge on any atom is -0.466 e. The molecule has 0 aromatic heterocycles. The molecular weight excluding hydrogens is 595 g/mol. The smallest absolute Gasteiger partial charge is 0.313 e. The van der Waals surface area contributed by atoms with E-state index in [4.69, 9.17) is 9.47 Å². The van der Waals surface area contributed by atoms with E-state index in [9.17, 15) is 38.4 Å². The van der Waals surface area contributed by atoms with Crippen molar-refractivity contribution >= 4 is 47.0 Å². The molecule has 0 aromatic carbocycles. The summed E-state index contributed by atoms with van der Waals surface area (Å²) in [5, 5.41) is 0. The average Bonchev–Trinajstić information content (AvgIpc) is 2.66. The first-order valence-corrected chi connectivity index (χ1v) is 12.1. The fourth-order valence-corrected chi connectivity index (χ4v) is 1.85. The molecule has 0 aliphatic carbocycles. The second-order valence-corrected chi connectivity index (χ2v) is 8.20. The van der Waals surface area contributed by atoms with Gasteiger partial charge in [-0.25, -0.2) is 0 Å². The average molecular weight is 640 g/mol. The standard InChI is InChI=1S/2C7H12O3.2C6H10O3.Zr/c2*1-5(2)10-7(9)4-6(3)8;2*1-3-9-6(8)4-5(2)7;/h2*5H,4H2,1-3H3;2*3-4H2,1-2H3;. The first kappa shape index (κ1) is 46.3. The van der Waals surface area contributed by atoms with Crippen LogP contribution in [0.5, 0.6) is 0 Å². The summed E-state index contributed by atoms with van der Waals surface area (Å²) >= 11 is 0. The largest absolute Gasteiger partial charge is 0.466 e. The SMILES string of the molecule is CC(=O)CC(=O)OC(C)C.CC(=O)CC(=O)OC(C)C.CCOC(=O)CC(C)=O.CCOC(=O)CC(C)=O.[Zr]. The summed E-state index contributed by atoms with van der Waals surface area (Å²) in [5.74, 6) is -2.40. The maximum atomic E-state index is 10.6. The van der Waals surface area contributed by atoms with Crippen molar-refractivity contribution in [3.8, 4) is 0 Å². The third-order valence-corrected chi connectivity index (χ3v) is 2.92. The quantitative estimate of drug-likeness (QED) is 0.174. The molecule has 39 heavy (non-hydrogen) atoms. The van der Waals surface area contributed by atoms with Crippen LogP contribution in [0.3, 0.4) is 0 Å². The van der Waals surface area contributed by atoms with Crippen LogP contribution >= 0.6 is 0 Å². The van der Waals surface area contributed by atoms with Crippen molar-refractivity contribution in [2.45, 2.75) is 107 Å². The topological polar surface area (TPSA) is 173 Å². The Morgan fingerprint density at radius 2 is 0.667 bits per heavy atom. The first-order chi connectivity index (χ1) is 17.4. The van der Waals surface area contributed by atoms with Gasteiger partial charge < -0.3 is 18.9 Å². The number of carbonyl (C=O) groups is 8. The molecular formula is C26H44O12Zr. The molecule has 0 aliphatic rings. The van der Waals surface area contributed by atoms with Crippen molar-refractivity contribution in [1.82, 2.24) is 0 Å². The third kappa shape index (κ3) is 52.6. The summed E-state index contributed by atoms with van der Waals surface area (Å²) in [6, 6.07) is 0. The maximum absolute atomic E-state index is 10.6. The summed E-state index contributed by atoms with van der Waals surface area (Å²) in [5.41, 5.74) is 0. The first-order valence-electron chi connectivity index (χ1n) is 12.1. The van der Waals surface area contributed by atoms with Gasteiger partial charge in [0.05, 0.1) is 25.4 Å². The van der Waals surface area contributed by atoms with Crippen LogP contribution in [0, 0.1) is 0 Å². The number of esters is 4. The van der Waals surface area contributed by atoms with Crippen molar-refractivity contribution in [3.63, 3.8) is 0 Å². The van der Waals surface area contributed by atoms with E-state index in [2.05, 4.69) is 9.47 Å². The van der Waals surface area contributed by atoms with Crippen LogP contribution in [-0.4, -0.2) is 72.4 Å². The zero-order chi connectivity index (χ0) is 30.8. The summed E-state index contributed by atoms with van der Waals surface area (Å²) in [7, 11) is 0. The summed E-state index contributed by atoms with van der Waals surface area (Å²) < 4.78 is 18.4. The number of carbonyl (C=O) groups excluding carboxylic acids is 8. The fraction of sp³-hybridized carbons (Fsp3) is 0.692. The molecule has 0 heterocycles. The van der Waals surface area contributed by atoms with E-state index in [-0.39, 0.29) is 87.2 Å². The van der Waals surface area contributed by atoms with Crippen molar-refractivity contribution in [1.29, 1.82) is 0 Å². The van der Waals surface area contributed by atoms with Crippen molar-refractivity contribution in [2.75, 3.05) is 13.2 Å². The minimum atomic E-state index is -0.442. The van der Waals surface area contributed by atoms with E-state index in [1.807, 2.05) is 0 Å². The van der Waals surface area contributed by atoms with Gasteiger partial charge in [0.1, 0.15) is 48.8 Å². The molecule has 13 heteroatoms. The molecule has 224 valence electrons. The Balaban J connectivity index is -0.000000131. The second-order valence-electron chi connectivity index (χ2n) is 8.20. The van der Waals surface area contributed by atoms with Gasteiger partial charge in [0, 0.05) is 26.2 Å². The van der Waals surface area contributed by atoms with Crippen LogP contribution in [0.15, 0.2) is 0 Å². The molecule has 0 atom stereocenters. The predicted molar refractivity (Wildman–Crippen MR) is 137 cm³/mol. The fourth-order valence-electron chi connectivity index (χ4n) is 1.85. The number of Topliss-reactive ketones (excluding diaryl/α,β-unsaturated/α-hetero) is 4. The van der Waals surface area contributed by atoms with Crippen molar-refractivity contribution in [3.05, 3.63) is 0 Å². The minimum absolute atomic E-state index is 0. The number of hydrogen-bond acceptors (Lipinski definition) is 12. The van der Waals surface area contributed by atoms with E-state index >= 15 is 0 Å². The van der Waals surface area contributed by atoms with Crippen LogP contribution in [-0.2, 0) is 83.5 Å². The molecule has 0 rings (SSSR count). The molecule has 0 saturated carbocycles. The van der Waals surface area contributed by atoms with Gasteiger partial charge in [-0.1, -0.05) is 0 Å². The van der Waals surface area contributed by atoms with Gasteiger partial charge in [0.15, 0.2) is 0 Å². The summed E-state index contributed by atoms with van der Waals surface area (Å²) in [6.45, 7) is 16.5. The van der Waals surface area contributed by atoms with Gasteiger partial charge in [-0.3, -0.25) is 38.4 Å². The molecule has 0 amide bonds. The monoisotopic (exact) mass is 638 g/mol. The Hall–Kier alpha value is -2.56. The van der Waals surface area contributed by atoms with Gasteiger partial charge in [-0.15, -0.1) is 0 Å². The second kappa shape index (κ2) is 30.0. The molecule has 0 aliphatic heterocycles. The van der Waals surface area contributed by atoms with Gasteiger partial charge in [-0.05, 0) is 69.2 Å². The van der Waals surface area contributed by atoms with Crippen molar-refractivity contribution in [2.24, 2.45) is 0 Å². The molecule has 12 nitrogen and oxygen atoms in total. The molecule has 0 aromatic rings. The van der Waals surface area contributed by atoms with Crippen LogP contribution < -0.4 is 0 Å². The van der Waals surface area contributed by atoms with E-state index in [0.29, 0.717) is 13.2 Å². The van der Waals surface area contributed by atoms with E-state index in [1.54, 1.807) is 41.5 Å². The number of ketones is 4. The zero-order valence-corrected chi connectivity index (χ0v) is 27.3. The summed E-state index contributed by atoms with van der Waals surface area (Å²) in [6.07, 6.45) is -0.698. The molecule has 0 fully saturated rings. The van der Waals surface area contributed by atoms with E-state index < -0.39 is 23.9 Å². The Morgan fingerprint density at radius 1 is 0.462 bits per heavy atom. The molecule has 0 spiro atoms. The molecule has 0 unspecified atom stereocenters. The molecule has 0 saturated heterocycles. The van der Waals surface area contributed by atoms with Gasteiger partial charge in [-0.2, -0.15) is 0 Å². The summed E-state index contributed by atoms with van der Waals surface area (Å²) in [4.78, 5) is 83.2. The van der Waals surface area contributed by atoms with Crippen LogP contribution in [0.1, 0.15) is 94.9 Å². The Bertz CT molecular complexity index is 709. The Morgan fingerprint density at radius 3 is 0.821 bits per heavy atom. The number of ether oxygens (including phenoxy) is 4. The number of hydrogen-bond donors (Lipinski definition) is 0. The van der Waals surface area contributed by atoms with Crippen LogP contribution in [0.2, 0.25) is 0 Å². The van der Waals surface area contributed by atoms with E-state index in [0.717, 1.165) is 0 Å². The normalized spacial score (nSPS) is 8.92.